The number of carbonyl (C=O) groups is 2. The van der Waals surface area contributed by atoms with Crippen LogP contribution in [0.4, 0.5) is 0 Å². The fraction of sp³-hybridized carbons (Fsp3) is 0.833. The van der Waals surface area contributed by atoms with E-state index in [1.165, 1.54) is 0 Å². The SMILES string of the molecule is CCCCCOCC(=O)NC1CC(C(=O)O)C1. The van der Waals surface area contributed by atoms with Gasteiger partial charge in [0.1, 0.15) is 6.61 Å². The van der Waals surface area contributed by atoms with Gasteiger partial charge in [-0.15, -0.1) is 0 Å². The summed E-state index contributed by atoms with van der Waals surface area (Å²) in [5, 5.41) is 11.4. The maximum Gasteiger partial charge on any atom is 0.306 e. The van der Waals surface area contributed by atoms with Crippen molar-refractivity contribution in [3.8, 4) is 0 Å². The zero-order valence-electron chi connectivity index (χ0n) is 10.3. The van der Waals surface area contributed by atoms with Crippen LogP contribution in [0.2, 0.25) is 0 Å². The standard InChI is InChI=1S/C12H21NO4/c1-2-3-4-5-17-8-11(14)13-10-6-9(7-10)12(15)16/h9-10H,2-8H2,1H3,(H,13,14)(H,15,16). The Morgan fingerprint density at radius 3 is 2.65 bits per heavy atom. The Labute approximate surface area is 102 Å². The van der Waals surface area contributed by atoms with Gasteiger partial charge >= 0.3 is 5.97 Å². The number of carboxylic acid groups (broad SMARTS) is 1. The normalized spacial score (nSPS) is 22.9. The second-order valence-corrected chi connectivity index (χ2v) is 4.53. The van der Waals surface area contributed by atoms with Crippen LogP contribution in [0.15, 0.2) is 0 Å². The summed E-state index contributed by atoms with van der Waals surface area (Å²) in [4.78, 5) is 21.9. The topological polar surface area (TPSA) is 75.6 Å². The van der Waals surface area contributed by atoms with E-state index in [1.807, 2.05) is 0 Å². The van der Waals surface area contributed by atoms with Gasteiger partial charge in [0, 0.05) is 12.6 Å². The quantitative estimate of drug-likeness (QED) is 0.627. The summed E-state index contributed by atoms with van der Waals surface area (Å²) >= 11 is 0. The van der Waals surface area contributed by atoms with Crippen LogP contribution in [-0.4, -0.2) is 36.2 Å². The van der Waals surface area contributed by atoms with E-state index >= 15 is 0 Å². The molecule has 5 heteroatoms. The highest BCUT2D eigenvalue weighted by molar-refractivity contribution is 5.78. The van der Waals surface area contributed by atoms with Crippen molar-refractivity contribution >= 4 is 11.9 Å². The summed E-state index contributed by atoms with van der Waals surface area (Å²) < 4.78 is 5.21. The van der Waals surface area contributed by atoms with Crippen LogP contribution < -0.4 is 5.32 Å². The third-order valence-electron chi connectivity index (χ3n) is 2.98. The van der Waals surface area contributed by atoms with Crippen LogP contribution in [0.1, 0.15) is 39.0 Å². The highest BCUT2D eigenvalue weighted by atomic mass is 16.5. The van der Waals surface area contributed by atoms with Crippen LogP contribution in [0.5, 0.6) is 0 Å². The first-order valence-electron chi connectivity index (χ1n) is 6.23. The predicted octanol–water partition coefficient (Wildman–Crippen LogP) is 1.17. The molecule has 0 spiro atoms. The monoisotopic (exact) mass is 243 g/mol. The van der Waals surface area contributed by atoms with E-state index in [9.17, 15) is 9.59 Å². The summed E-state index contributed by atoms with van der Waals surface area (Å²) in [5.74, 6) is -1.20. The number of ether oxygens (including phenoxy) is 1. The molecule has 1 aliphatic rings. The van der Waals surface area contributed by atoms with Gasteiger partial charge in [0.2, 0.25) is 5.91 Å². The minimum Gasteiger partial charge on any atom is -0.481 e. The molecule has 1 saturated carbocycles. The Hall–Kier alpha value is -1.10. The van der Waals surface area contributed by atoms with Gasteiger partial charge in [-0.1, -0.05) is 19.8 Å². The van der Waals surface area contributed by atoms with Crippen molar-refractivity contribution in [2.24, 2.45) is 5.92 Å². The van der Waals surface area contributed by atoms with Crippen LogP contribution in [0.3, 0.4) is 0 Å². The Morgan fingerprint density at radius 1 is 1.35 bits per heavy atom. The second-order valence-electron chi connectivity index (χ2n) is 4.53. The average Bonchev–Trinajstić information content (AvgIpc) is 2.22. The third kappa shape index (κ3) is 5.17. The lowest BCUT2D eigenvalue weighted by Crippen LogP contribution is -2.47. The number of unbranched alkanes of at least 4 members (excludes halogenated alkanes) is 2. The molecule has 1 rings (SSSR count). The number of nitrogens with one attached hydrogen (secondary N) is 1. The number of aliphatic carboxylic acids is 1. The molecule has 98 valence electrons. The average molecular weight is 243 g/mol. The van der Waals surface area contributed by atoms with Gasteiger partial charge in [0.25, 0.3) is 0 Å². The number of hydrogen-bond donors (Lipinski definition) is 2. The highest BCUT2D eigenvalue weighted by Crippen LogP contribution is 2.27. The Bertz CT molecular complexity index is 261. The highest BCUT2D eigenvalue weighted by Gasteiger charge is 2.35. The molecule has 0 bridgehead atoms. The molecule has 0 aromatic rings. The first kappa shape index (κ1) is 14.0. The van der Waals surface area contributed by atoms with Crippen molar-refractivity contribution in [2.45, 2.75) is 45.1 Å². The van der Waals surface area contributed by atoms with Gasteiger partial charge in [-0.05, 0) is 19.3 Å². The van der Waals surface area contributed by atoms with Crippen molar-refractivity contribution in [1.29, 1.82) is 0 Å². The van der Waals surface area contributed by atoms with Gasteiger partial charge in [0.05, 0.1) is 5.92 Å². The van der Waals surface area contributed by atoms with Gasteiger partial charge in [-0.2, -0.15) is 0 Å². The van der Waals surface area contributed by atoms with Crippen LogP contribution in [0, 0.1) is 5.92 Å². The van der Waals surface area contributed by atoms with Crippen molar-refractivity contribution in [3.63, 3.8) is 0 Å². The molecule has 0 unspecified atom stereocenters. The van der Waals surface area contributed by atoms with E-state index in [2.05, 4.69) is 12.2 Å². The first-order chi connectivity index (χ1) is 8.13. The molecule has 0 heterocycles. The van der Waals surface area contributed by atoms with E-state index in [1.54, 1.807) is 0 Å². The maximum absolute atomic E-state index is 11.4. The minimum absolute atomic E-state index is 0.0165. The van der Waals surface area contributed by atoms with E-state index < -0.39 is 5.97 Å². The molecule has 1 fully saturated rings. The van der Waals surface area contributed by atoms with E-state index in [0.717, 1.165) is 19.3 Å². The minimum atomic E-state index is -0.772. The van der Waals surface area contributed by atoms with E-state index in [-0.39, 0.29) is 24.5 Å². The molecule has 0 saturated heterocycles. The summed E-state index contributed by atoms with van der Waals surface area (Å²) in [6.07, 6.45) is 4.31. The Morgan fingerprint density at radius 2 is 2.06 bits per heavy atom. The largest absolute Gasteiger partial charge is 0.481 e. The van der Waals surface area contributed by atoms with Crippen molar-refractivity contribution in [3.05, 3.63) is 0 Å². The molecule has 0 aromatic carbocycles. The summed E-state index contributed by atoms with van der Waals surface area (Å²) in [5.41, 5.74) is 0. The van der Waals surface area contributed by atoms with Gasteiger partial charge < -0.3 is 15.2 Å². The number of hydrogen-bond acceptors (Lipinski definition) is 3. The Kier molecular flexibility index (Phi) is 5.97. The molecule has 17 heavy (non-hydrogen) atoms. The summed E-state index contributed by atoms with van der Waals surface area (Å²) in [7, 11) is 0. The molecule has 5 nitrogen and oxygen atoms in total. The molecule has 0 radical (unpaired) electrons. The van der Waals surface area contributed by atoms with Crippen LogP contribution in [0.25, 0.3) is 0 Å². The van der Waals surface area contributed by atoms with E-state index in [4.69, 9.17) is 9.84 Å². The fourth-order valence-corrected chi connectivity index (χ4v) is 1.83. The fourth-order valence-electron chi connectivity index (χ4n) is 1.83. The predicted molar refractivity (Wildman–Crippen MR) is 62.6 cm³/mol. The number of amides is 1. The first-order valence-corrected chi connectivity index (χ1v) is 6.23. The van der Waals surface area contributed by atoms with Crippen molar-refractivity contribution in [1.82, 2.24) is 5.32 Å². The van der Waals surface area contributed by atoms with Gasteiger partial charge in [0.15, 0.2) is 0 Å². The number of rotatable bonds is 8. The molecule has 0 aliphatic heterocycles. The lowest BCUT2D eigenvalue weighted by Gasteiger charge is -2.32. The molecular weight excluding hydrogens is 222 g/mol. The zero-order chi connectivity index (χ0) is 12.7. The van der Waals surface area contributed by atoms with Crippen LogP contribution in [-0.2, 0) is 14.3 Å². The Balaban J connectivity index is 1.97. The lowest BCUT2D eigenvalue weighted by molar-refractivity contribution is -0.146. The number of carbonyl (C=O) groups excluding carboxylic acids is 1. The number of carboxylic acids is 1. The van der Waals surface area contributed by atoms with Crippen molar-refractivity contribution < 1.29 is 19.4 Å². The smallest absolute Gasteiger partial charge is 0.306 e. The molecule has 1 amide bonds. The molecule has 1 aliphatic carbocycles. The maximum atomic E-state index is 11.4. The van der Waals surface area contributed by atoms with Gasteiger partial charge in [-0.3, -0.25) is 9.59 Å². The van der Waals surface area contributed by atoms with E-state index in [0.29, 0.717) is 19.4 Å². The lowest BCUT2D eigenvalue weighted by atomic mass is 9.80. The molecule has 0 atom stereocenters. The molecule has 2 N–H and O–H groups in total. The van der Waals surface area contributed by atoms with Gasteiger partial charge in [-0.25, -0.2) is 0 Å². The van der Waals surface area contributed by atoms with Crippen molar-refractivity contribution in [2.75, 3.05) is 13.2 Å². The molecular formula is C12H21NO4. The third-order valence-corrected chi connectivity index (χ3v) is 2.98. The van der Waals surface area contributed by atoms with Crippen LogP contribution >= 0.6 is 0 Å². The zero-order valence-corrected chi connectivity index (χ0v) is 10.3. The summed E-state index contributed by atoms with van der Waals surface area (Å²) in [6, 6.07) is 0.0165. The summed E-state index contributed by atoms with van der Waals surface area (Å²) in [6.45, 7) is 2.81. The molecule has 0 aromatic heterocycles. The second kappa shape index (κ2) is 7.27.